The normalized spacial score (nSPS) is 10.4. The number of carbonyl (C=O) groups excluding carboxylic acids is 1. The highest BCUT2D eigenvalue weighted by atomic mass is 79.9. The van der Waals surface area contributed by atoms with Crippen molar-refractivity contribution in [2.24, 2.45) is 0 Å². The Morgan fingerprint density at radius 3 is 2.75 bits per heavy atom. The Balaban J connectivity index is 2.60. The summed E-state index contributed by atoms with van der Waals surface area (Å²) in [4.78, 5) is 11.5. The van der Waals surface area contributed by atoms with E-state index in [0.29, 0.717) is 5.56 Å². The summed E-state index contributed by atoms with van der Waals surface area (Å²) < 4.78 is 2.61. The highest BCUT2D eigenvalue weighted by molar-refractivity contribution is 9.10. The molecule has 0 radical (unpaired) electrons. The molecular formula is C12H11BrN2O. The number of carbonyl (C=O) groups is 1. The van der Waals surface area contributed by atoms with Crippen molar-refractivity contribution in [2.75, 3.05) is 0 Å². The Hall–Kier alpha value is -1.42. The van der Waals surface area contributed by atoms with Gasteiger partial charge >= 0.3 is 0 Å². The van der Waals surface area contributed by atoms with Gasteiger partial charge in [0.15, 0.2) is 5.78 Å². The molecule has 4 heteroatoms. The third-order valence-electron chi connectivity index (χ3n) is 2.30. The van der Waals surface area contributed by atoms with E-state index in [0.717, 1.165) is 15.7 Å². The number of rotatable bonds is 2. The zero-order valence-electron chi connectivity index (χ0n) is 9.07. The smallest absolute Gasteiger partial charge is 0.162 e. The van der Waals surface area contributed by atoms with Crippen LogP contribution in [0.5, 0.6) is 0 Å². The Morgan fingerprint density at radius 1 is 1.44 bits per heavy atom. The number of nitrogens with zero attached hydrogens (tertiary/aromatic N) is 2. The second-order valence-electron chi connectivity index (χ2n) is 3.68. The monoisotopic (exact) mass is 278 g/mol. The molecule has 0 fully saturated rings. The summed E-state index contributed by atoms with van der Waals surface area (Å²) in [6.07, 6.45) is 3.67. The van der Waals surface area contributed by atoms with Crippen molar-refractivity contribution in [2.45, 2.75) is 13.8 Å². The third kappa shape index (κ3) is 2.07. The lowest BCUT2D eigenvalue weighted by atomic mass is 10.1. The predicted molar refractivity (Wildman–Crippen MR) is 66.0 cm³/mol. The summed E-state index contributed by atoms with van der Waals surface area (Å²) >= 11 is 3.36. The van der Waals surface area contributed by atoms with Gasteiger partial charge in [-0.2, -0.15) is 5.10 Å². The maximum Gasteiger partial charge on any atom is 0.162 e. The molecule has 0 bridgehead atoms. The lowest BCUT2D eigenvalue weighted by Gasteiger charge is -2.07. The number of aromatic nitrogens is 2. The maximum atomic E-state index is 11.5. The van der Waals surface area contributed by atoms with Crippen molar-refractivity contribution in [3.63, 3.8) is 0 Å². The van der Waals surface area contributed by atoms with Gasteiger partial charge in [0.25, 0.3) is 0 Å². The number of benzene rings is 1. The summed E-state index contributed by atoms with van der Waals surface area (Å²) in [5, 5.41) is 4.21. The molecule has 1 aromatic carbocycles. The van der Waals surface area contributed by atoms with Crippen LogP contribution in [0.15, 0.2) is 35.1 Å². The molecule has 0 aliphatic heterocycles. The first-order valence-electron chi connectivity index (χ1n) is 4.90. The second kappa shape index (κ2) is 4.22. The summed E-state index contributed by atoms with van der Waals surface area (Å²) in [6.45, 7) is 3.53. The number of hydrogen-bond acceptors (Lipinski definition) is 2. The quantitative estimate of drug-likeness (QED) is 0.791. The van der Waals surface area contributed by atoms with Crippen LogP contribution in [0.3, 0.4) is 0 Å². The molecule has 2 rings (SSSR count). The first-order chi connectivity index (χ1) is 7.58. The van der Waals surface area contributed by atoms with Crippen LogP contribution in [0.2, 0.25) is 0 Å². The molecule has 16 heavy (non-hydrogen) atoms. The lowest BCUT2D eigenvalue weighted by molar-refractivity contribution is 0.101. The molecule has 0 spiro atoms. The molecule has 82 valence electrons. The Kier molecular flexibility index (Phi) is 2.92. The standard InChI is InChI=1S/C12H11BrN2O/c1-8-6-14-15(7-8)12-4-3-10(13)5-11(12)9(2)16/h3-7H,1-2H3. The van der Waals surface area contributed by atoms with E-state index in [9.17, 15) is 4.79 Å². The molecule has 1 heterocycles. The zero-order chi connectivity index (χ0) is 11.7. The molecule has 0 aliphatic rings. The summed E-state index contributed by atoms with van der Waals surface area (Å²) in [5.74, 6) is 0.0319. The third-order valence-corrected chi connectivity index (χ3v) is 2.79. The van der Waals surface area contributed by atoms with Gasteiger partial charge in [-0.3, -0.25) is 4.79 Å². The van der Waals surface area contributed by atoms with Gasteiger partial charge < -0.3 is 0 Å². The van der Waals surface area contributed by atoms with Crippen LogP contribution >= 0.6 is 15.9 Å². The number of ketones is 1. The van der Waals surface area contributed by atoms with Crippen LogP contribution in [0.1, 0.15) is 22.8 Å². The van der Waals surface area contributed by atoms with Crippen LogP contribution in [0, 0.1) is 6.92 Å². The summed E-state index contributed by atoms with van der Waals surface area (Å²) in [6, 6.07) is 5.60. The molecule has 0 aliphatic carbocycles. The SMILES string of the molecule is CC(=O)c1cc(Br)ccc1-n1cc(C)cn1. The minimum Gasteiger partial charge on any atom is -0.294 e. The Morgan fingerprint density at radius 2 is 2.19 bits per heavy atom. The molecule has 1 aromatic heterocycles. The molecule has 2 aromatic rings. The van der Waals surface area contributed by atoms with Crippen molar-refractivity contribution in [1.29, 1.82) is 0 Å². The van der Waals surface area contributed by atoms with Gasteiger partial charge in [-0.05, 0) is 37.6 Å². The largest absolute Gasteiger partial charge is 0.294 e. The molecule has 0 unspecified atom stereocenters. The van der Waals surface area contributed by atoms with E-state index in [1.54, 1.807) is 17.8 Å². The summed E-state index contributed by atoms with van der Waals surface area (Å²) in [7, 11) is 0. The fourth-order valence-corrected chi connectivity index (χ4v) is 1.90. The average molecular weight is 279 g/mol. The lowest BCUT2D eigenvalue weighted by Crippen LogP contribution is -2.03. The first-order valence-corrected chi connectivity index (χ1v) is 5.69. The van der Waals surface area contributed by atoms with Gasteiger partial charge in [-0.25, -0.2) is 4.68 Å². The van der Waals surface area contributed by atoms with Crippen molar-refractivity contribution >= 4 is 21.7 Å². The Bertz CT molecular complexity index is 546. The number of aryl methyl sites for hydroxylation is 1. The van der Waals surface area contributed by atoms with Crippen molar-refractivity contribution in [1.82, 2.24) is 9.78 Å². The molecule has 0 N–H and O–H groups in total. The molecular weight excluding hydrogens is 268 g/mol. The molecule has 0 saturated heterocycles. The minimum absolute atomic E-state index is 0.0319. The molecule has 0 saturated carbocycles. The number of Topliss-reactive ketones (excluding diaryl/α,β-unsaturated/α-hetero) is 1. The van der Waals surface area contributed by atoms with Gasteiger partial charge in [-0.1, -0.05) is 15.9 Å². The van der Waals surface area contributed by atoms with E-state index in [-0.39, 0.29) is 5.78 Å². The van der Waals surface area contributed by atoms with Gasteiger partial charge in [0.1, 0.15) is 0 Å². The van der Waals surface area contributed by atoms with Crippen molar-refractivity contribution < 1.29 is 4.79 Å². The van der Waals surface area contributed by atoms with Crippen LogP contribution in [0.4, 0.5) is 0 Å². The molecule has 0 amide bonds. The van der Waals surface area contributed by atoms with Gasteiger partial charge in [0.05, 0.1) is 11.9 Å². The number of hydrogen-bond donors (Lipinski definition) is 0. The highest BCUT2D eigenvalue weighted by Crippen LogP contribution is 2.20. The van der Waals surface area contributed by atoms with Gasteiger partial charge in [0.2, 0.25) is 0 Å². The Labute approximate surface area is 102 Å². The van der Waals surface area contributed by atoms with Crippen LogP contribution < -0.4 is 0 Å². The summed E-state index contributed by atoms with van der Waals surface area (Å²) in [5.41, 5.74) is 2.54. The van der Waals surface area contributed by atoms with Crippen LogP contribution in [0.25, 0.3) is 5.69 Å². The first kappa shape index (κ1) is 11.1. The fourth-order valence-electron chi connectivity index (χ4n) is 1.53. The van der Waals surface area contributed by atoms with Crippen LogP contribution in [-0.4, -0.2) is 15.6 Å². The van der Waals surface area contributed by atoms with E-state index >= 15 is 0 Å². The molecule has 3 nitrogen and oxygen atoms in total. The highest BCUT2D eigenvalue weighted by Gasteiger charge is 2.10. The fraction of sp³-hybridized carbons (Fsp3) is 0.167. The zero-order valence-corrected chi connectivity index (χ0v) is 10.7. The van der Waals surface area contributed by atoms with Crippen molar-refractivity contribution in [3.05, 3.63) is 46.2 Å². The maximum absolute atomic E-state index is 11.5. The van der Waals surface area contributed by atoms with Crippen LogP contribution in [-0.2, 0) is 0 Å². The average Bonchev–Trinajstić information content (AvgIpc) is 2.64. The second-order valence-corrected chi connectivity index (χ2v) is 4.60. The number of halogens is 1. The van der Waals surface area contributed by atoms with Gasteiger partial charge in [0, 0.05) is 16.2 Å². The van der Waals surface area contributed by atoms with E-state index in [2.05, 4.69) is 21.0 Å². The van der Waals surface area contributed by atoms with Gasteiger partial charge in [-0.15, -0.1) is 0 Å². The van der Waals surface area contributed by atoms with E-state index < -0.39 is 0 Å². The minimum atomic E-state index is 0.0319. The predicted octanol–water partition coefficient (Wildman–Crippen LogP) is 3.15. The van der Waals surface area contributed by atoms with Crippen molar-refractivity contribution in [3.8, 4) is 5.69 Å². The van der Waals surface area contributed by atoms with E-state index in [1.165, 1.54) is 0 Å². The van der Waals surface area contributed by atoms with E-state index in [1.807, 2.05) is 31.3 Å². The topological polar surface area (TPSA) is 34.9 Å². The van der Waals surface area contributed by atoms with E-state index in [4.69, 9.17) is 0 Å². The molecule has 0 atom stereocenters.